The number of amides is 3. The maximum absolute atomic E-state index is 13.1. The van der Waals surface area contributed by atoms with Gasteiger partial charge in [0, 0.05) is 36.9 Å². The van der Waals surface area contributed by atoms with Gasteiger partial charge in [-0.2, -0.15) is 0 Å². The van der Waals surface area contributed by atoms with Crippen LogP contribution in [0.25, 0.3) is 0 Å². The molecular weight excluding hydrogens is 596 g/mol. The molecule has 0 saturated carbocycles. The van der Waals surface area contributed by atoms with Gasteiger partial charge >= 0.3 is 5.97 Å². The van der Waals surface area contributed by atoms with Crippen molar-refractivity contribution in [2.24, 2.45) is 5.92 Å². The van der Waals surface area contributed by atoms with Crippen LogP contribution in [0.5, 0.6) is 5.75 Å². The van der Waals surface area contributed by atoms with Crippen molar-refractivity contribution >= 4 is 87.2 Å². The molecular formula is C25H13Cl4N3O7. The summed E-state index contributed by atoms with van der Waals surface area (Å²) >= 11 is 24.5. The zero-order chi connectivity index (χ0) is 28.2. The summed E-state index contributed by atoms with van der Waals surface area (Å²) in [4.78, 5) is 64.1. The summed E-state index contributed by atoms with van der Waals surface area (Å²) in [5, 5.41) is 10.1. The van der Waals surface area contributed by atoms with Gasteiger partial charge in [0.2, 0.25) is 5.91 Å². The van der Waals surface area contributed by atoms with Crippen LogP contribution in [-0.2, 0) is 9.59 Å². The standard InChI is InChI=1S/C25H13Cl4N3O7/c26-19-17-18(20(27)22(29)21(19)28)24(35)31(23(17)34)14-2-1-3-15(9-14)39-25(36)11-8-16(33)30(10-11)12-4-6-13(7-5-12)32(37)38/h1-7,9,11H,8,10H2/t11-/m0/s1. The molecule has 0 radical (unpaired) electrons. The first-order chi connectivity index (χ1) is 18.5. The largest absolute Gasteiger partial charge is 0.426 e. The predicted octanol–water partition coefficient (Wildman–Crippen LogP) is 5.97. The molecule has 3 amide bonds. The first-order valence-electron chi connectivity index (χ1n) is 11.1. The van der Waals surface area contributed by atoms with E-state index < -0.39 is 28.6 Å². The van der Waals surface area contributed by atoms with E-state index in [0.29, 0.717) is 5.69 Å². The molecule has 10 nitrogen and oxygen atoms in total. The normalized spacial score (nSPS) is 16.6. The number of halogens is 4. The Hall–Kier alpha value is -3.70. The fraction of sp³-hybridized carbons (Fsp3) is 0.120. The number of hydrogen-bond donors (Lipinski definition) is 0. The number of nitrogens with zero attached hydrogens (tertiary/aromatic N) is 3. The summed E-state index contributed by atoms with van der Waals surface area (Å²) in [5.74, 6) is -3.44. The molecule has 0 aliphatic carbocycles. The van der Waals surface area contributed by atoms with Crippen LogP contribution >= 0.6 is 46.4 Å². The fourth-order valence-electron chi connectivity index (χ4n) is 4.34. The van der Waals surface area contributed by atoms with E-state index in [2.05, 4.69) is 0 Å². The highest BCUT2D eigenvalue weighted by molar-refractivity contribution is 6.56. The number of nitro groups is 1. The second kappa shape index (κ2) is 10.1. The van der Waals surface area contributed by atoms with Crippen molar-refractivity contribution < 1.29 is 28.8 Å². The van der Waals surface area contributed by atoms with Crippen LogP contribution in [0, 0.1) is 16.0 Å². The maximum Gasteiger partial charge on any atom is 0.316 e. The van der Waals surface area contributed by atoms with Crippen LogP contribution in [0.15, 0.2) is 48.5 Å². The monoisotopic (exact) mass is 607 g/mol. The summed E-state index contributed by atoms with van der Waals surface area (Å²) in [6.45, 7) is 0.00604. The molecule has 14 heteroatoms. The van der Waals surface area contributed by atoms with Crippen molar-refractivity contribution in [1.29, 1.82) is 0 Å². The summed E-state index contributed by atoms with van der Waals surface area (Å²) in [6, 6.07) is 11.0. The molecule has 3 aromatic carbocycles. The zero-order valence-corrected chi connectivity index (χ0v) is 22.3. The molecule has 0 unspecified atom stereocenters. The van der Waals surface area contributed by atoms with Gasteiger partial charge in [0.1, 0.15) is 5.75 Å². The first kappa shape index (κ1) is 26.9. The summed E-state index contributed by atoms with van der Waals surface area (Å²) < 4.78 is 5.46. The minimum absolute atomic E-state index is 0.00604. The van der Waals surface area contributed by atoms with Gasteiger partial charge in [-0.25, -0.2) is 4.90 Å². The second-order valence-electron chi connectivity index (χ2n) is 8.55. The first-order valence-corrected chi connectivity index (χ1v) is 12.6. The van der Waals surface area contributed by atoms with Gasteiger partial charge in [-0.1, -0.05) is 52.5 Å². The molecule has 0 N–H and O–H groups in total. The molecule has 0 spiro atoms. The van der Waals surface area contributed by atoms with Crippen molar-refractivity contribution in [2.45, 2.75) is 6.42 Å². The van der Waals surface area contributed by atoms with E-state index in [4.69, 9.17) is 51.1 Å². The van der Waals surface area contributed by atoms with Crippen LogP contribution in [0.3, 0.4) is 0 Å². The van der Waals surface area contributed by atoms with Crippen LogP contribution in [0.1, 0.15) is 27.1 Å². The number of carbonyl (C=O) groups excluding carboxylic acids is 4. The quantitative estimate of drug-likeness (QED) is 0.0664. The van der Waals surface area contributed by atoms with E-state index in [-0.39, 0.29) is 67.2 Å². The molecule has 0 bridgehead atoms. The molecule has 1 saturated heterocycles. The molecule has 2 aliphatic heterocycles. The highest BCUT2D eigenvalue weighted by Crippen LogP contribution is 2.46. The van der Waals surface area contributed by atoms with E-state index in [1.807, 2.05) is 0 Å². The Kier molecular flexibility index (Phi) is 6.98. The van der Waals surface area contributed by atoms with Gasteiger partial charge in [0.05, 0.1) is 47.7 Å². The van der Waals surface area contributed by atoms with Crippen molar-refractivity contribution in [1.82, 2.24) is 0 Å². The van der Waals surface area contributed by atoms with Crippen molar-refractivity contribution in [2.75, 3.05) is 16.3 Å². The van der Waals surface area contributed by atoms with Gasteiger partial charge < -0.3 is 9.64 Å². The number of benzene rings is 3. The second-order valence-corrected chi connectivity index (χ2v) is 10.1. The maximum atomic E-state index is 13.1. The number of anilines is 2. The topological polar surface area (TPSA) is 127 Å². The molecule has 198 valence electrons. The Balaban J connectivity index is 1.34. The molecule has 3 aromatic rings. The number of hydrogen-bond acceptors (Lipinski definition) is 7. The van der Waals surface area contributed by atoms with Gasteiger partial charge in [-0.3, -0.25) is 29.3 Å². The van der Waals surface area contributed by atoms with Crippen LogP contribution in [0.4, 0.5) is 17.1 Å². The lowest BCUT2D eigenvalue weighted by molar-refractivity contribution is -0.384. The number of ether oxygens (including phenoxy) is 1. The lowest BCUT2D eigenvalue weighted by atomic mass is 10.1. The summed E-state index contributed by atoms with van der Waals surface area (Å²) in [6.07, 6.45) is -0.133. The Morgan fingerprint density at radius 3 is 2.03 bits per heavy atom. The number of carbonyl (C=O) groups is 4. The van der Waals surface area contributed by atoms with Crippen LogP contribution in [0.2, 0.25) is 20.1 Å². The average molecular weight is 609 g/mol. The van der Waals surface area contributed by atoms with Crippen molar-refractivity contribution in [3.63, 3.8) is 0 Å². The minimum atomic E-state index is -0.822. The lowest BCUT2D eigenvalue weighted by Crippen LogP contribution is -2.29. The Bertz CT molecular complexity index is 1560. The number of fused-ring (bicyclic) bond motifs is 1. The third-order valence-electron chi connectivity index (χ3n) is 6.23. The fourth-order valence-corrected chi connectivity index (χ4v) is 5.35. The van der Waals surface area contributed by atoms with E-state index >= 15 is 0 Å². The molecule has 39 heavy (non-hydrogen) atoms. The summed E-state index contributed by atoms with van der Waals surface area (Å²) in [5.41, 5.74) is -0.0412. The Morgan fingerprint density at radius 1 is 0.872 bits per heavy atom. The number of esters is 1. The van der Waals surface area contributed by atoms with Crippen molar-refractivity contribution in [3.8, 4) is 5.75 Å². The number of rotatable bonds is 5. The SMILES string of the molecule is O=C(Oc1cccc(N2C(=O)c3c(Cl)c(Cl)c(Cl)c(Cl)c3C2=O)c1)[C@H]1CC(=O)N(c2ccc([N+](=O)[O-])cc2)C1. The van der Waals surface area contributed by atoms with E-state index in [1.54, 1.807) is 0 Å². The van der Waals surface area contributed by atoms with Gasteiger partial charge in [-0.15, -0.1) is 0 Å². The number of nitro benzene ring substituents is 1. The van der Waals surface area contributed by atoms with Crippen LogP contribution in [-0.4, -0.2) is 35.2 Å². The molecule has 2 heterocycles. The number of imide groups is 1. The van der Waals surface area contributed by atoms with Gasteiger partial charge in [0.25, 0.3) is 17.5 Å². The van der Waals surface area contributed by atoms with E-state index in [9.17, 15) is 29.3 Å². The average Bonchev–Trinajstić information content (AvgIpc) is 3.43. The molecule has 2 aliphatic rings. The smallest absolute Gasteiger partial charge is 0.316 e. The molecule has 0 aromatic heterocycles. The molecule has 5 rings (SSSR count). The highest BCUT2D eigenvalue weighted by Gasteiger charge is 2.43. The molecule has 1 atom stereocenters. The van der Waals surface area contributed by atoms with Crippen LogP contribution < -0.4 is 14.5 Å². The minimum Gasteiger partial charge on any atom is -0.426 e. The predicted molar refractivity (Wildman–Crippen MR) is 143 cm³/mol. The van der Waals surface area contributed by atoms with Crippen molar-refractivity contribution in [3.05, 3.63) is 89.9 Å². The Morgan fingerprint density at radius 2 is 1.46 bits per heavy atom. The number of non-ortho nitro benzene ring substituents is 1. The van der Waals surface area contributed by atoms with E-state index in [0.717, 1.165) is 4.90 Å². The van der Waals surface area contributed by atoms with E-state index in [1.165, 1.54) is 53.4 Å². The third-order valence-corrected chi connectivity index (χ3v) is 8.03. The van der Waals surface area contributed by atoms with Gasteiger partial charge in [0.15, 0.2) is 0 Å². The third kappa shape index (κ3) is 4.59. The summed E-state index contributed by atoms with van der Waals surface area (Å²) in [7, 11) is 0. The zero-order valence-electron chi connectivity index (χ0n) is 19.3. The lowest BCUT2D eigenvalue weighted by Gasteiger charge is -2.17. The molecule has 1 fully saturated rings. The van der Waals surface area contributed by atoms with Gasteiger partial charge in [-0.05, 0) is 24.3 Å². The Labute approximate surface area is 239 Å². The highest BCUT2D eigenvalue weighted by atomic mass is 35.5.